The van der Waals surface area contributed by atoms with Crippen LogP contribution >= 0.6 is 24.0 Å². The number of piperazine rings is 1. The highest BCUT2D eigenvalue weighted by Crippen LogP contribution is 2.31. The van der Waals surface area contributed by atoms with Gasteiger partial charge in [-0.3, -0.25) is 4.99 Å². The molecule has 4 nitrogen and oxygen atoms in total. The molecule has 0 bridgehead atoms. The fourth-order valence-electron chi connectivity index (χ4n) is 2.99. The van der Waals surface area contributed by atoms with Gasteiger partial charge in [-0.1, -0.05) is 25.0 Å². The molecular formula is C17H26FIN4. The molecule has 3 rings (SSSR count). The van der Waals surface area contributed by atoms with Crippen LogP contribution in [0, 0.1) is 11.7 Å². The van der Waals surface area contributed by atoms with E-state index in [-0.39, 0.29) is 29.8 Å². The number of benzene rings is 1. The lowest BCUT2D eigenvalue weighted by molar-refractivity contribution is 0.370. The first-order valence-corrected chi connectivity index (χ1v) is 8.23. The number of guanidine groups is 1. The summed E-state index contributed by atoms with van der Waals surface area (Å²) in [4.78, 5) is 8.77. The highest BCUT2D eigenvalue weighted by Gasteiger charge is 2.23. The van der Waals surface area contributed by atoms with Crippen molar-refractivity contribution in [3.63, 3.8) is 0 Å². The largest absolute Gasteiger partial charge is 0.366 e. The Labute approximate surface area is 155 Å². The Hall–Kier alpha value is -1.05. The lowest BCUT2D eigenvalue weighted by Gasteiger charge is -2.37. The Morgan fingerprint density at radius 1 is 1.22 bits per heavy atom. The minimum atomic E-state index is -0.136. The maximum atomic E-state index is 13.9. The average molecular weight is 432 g/mol. The van der Waals surface area contributed by atoms with Gasteiger partial charge in [0.2, 0.25) is 0 Å². The van der Waals surface area contributed by atoms with E-state index in [9.17, 15) is 4.39 Å². The molecule has 6 heteroatoms. The molecule has 1 aromatic carbocycles. The lowest BCUT2D eigenvalue weighted by Crippen LogP contribution is -2.52. The SMILES string of the molecule is CN=C(NCCC1CC1)N1CCN(c2ccccc2F)CC1.I. The highest BCUT2D eigenvalue weighted by molar-refractivity contribution is 14.0. The van der Waals surface area contributed by atoms with E-state index in [2.05, 4.69) is 20.1 Å². The normalized spacial score (nSPS) is 18.6. The van der Waals surface area contributed by atoms with Gasteiger partial charge in [-0.05, 0) is 24.5 Å². The van der Waals surface area contributed by atoms with Crippen molar-refractivity contribution in [2.45, 2.75) is 19.3 Å². The third-order valence-corrected chi connectivity index (χ3v) is 4.52. The van der Waals surface area contributed by atoms with Crippen molar-refractivity contribution >= 4 is 35.6 Å². The number of hydrogen-bond donors (Lipinski definition) is 1. The predicted octanol–water partition coefficient (Wildman–Crippen LogP) is 2.94. The molecule has 0 aromatic heterocycles. The van der Waals surface area contributed by atoms with Crippen LogP contribution in [0.15, 0.2) is 29.3 Å². The summed E-state index contributed by atoms with van der Waals surface area (Å²) in [6.07, 6.45) is 4.03. The van der Waals surface area contributed by atoms with Crippen LogP contribution in [0.2, 0.25) is 0 Å². The number of para-hydroxylation sites is 1. The van der Waals surface area contributed by atoms with Gasteiger partial charge in [0.25, 0.3) is 0 Å². The van der Waals surface area contributed by atoms with E-state index in [0.717, 1.165) is 44.6 Å². The molecule has 1 aliphatic carbocycles. The molecule has 0 radical (unpaired) electrons. The van der Waals surface area contributed by atoms with Crippen molar-refractivity contribution < 1.29 is 4.39 Å². The molecule has 128 valence electrons. The summed E-state index contributed by atoms with van der Waals surface area (Å²) >= 11 is 0. The zero-order valence-electron chi connectivity index (χ0n) is 13.7. The first-order valence-electron chi connectivity index (χ1n) is 8.23. The number of hydrogen-bond acceptors (Lipinski definition) is 2. The smallest absolute Gasteiger partial charge is 0.193 e. The molecule has 0 unspecified atom stereocenters. The van der Waals surface area contributed by atoms with Crippen LogP contribution < -0.4 is 10.2 Å². The van der Waals surface area contributed by atoms with Crippen LogP contribution in [0.25, 0.3) is 0 Å². The quantitative estimate of drug-likeness (QED) is 0.451. The number of halogens is 2. The van der Waals surface area contributed by atoms with Crippen molar-refractivity contribution in [3.05, 3.63) is 30.1 Å². The molecule has 1 aliphatic heterocycles. The van der Waals surface area contributed by atoms with Crippen molar-refractivity contribution in [2.75, 3.05) is 44.7 Å². The number of rotatable bonds is 4. The first-order chi connectivity index (χ1) is 10.8. The third-order valence-electron chi connectivity index (χ3n) is 4.52. The third kappa shape index (κ3) is 4.96. The second kappa shape index (κ2) is 8.70. The minimum absolute atomic E-state index is 0. The minimum Gasteiger partial charge on any atom is -0.366 e. The molecule has 1 saturated heterocycles. The lowest BCUT2D eigenvalue weighted by atomic mass is 10.2. The molecule has 1 heterocycles. The highest BCUT2D eigenvalue weighted by atomic mass is 127. The molecule has 1 N–H and O–H groups in total. The van der Waals surface area contributed by atoms with E-state index in [1.165, 1.54) is 25.3 Å². The van der Waals surface area contributed by atoms with Gasteiger partial charge in [-0.2, -0.15) is 0 Å². The van der Waals surface area contributed by atoms with E-state index < -0.39 is 0 Å². The van der Waals surface area contributed by atoms with Crippen LogP contribution in [0.4, 0.5) is 10.1 Å². The van der Waals surface area contributed by atoms with E-state index in [1.54, 1.807) is 6.07 Å². The molecule has 0 atom stereocenters. The first kappa shape index (κ1) is 18.3. The summed E-state index contributed by atoms with van der Waals surface area (Å²) in [5, 5.41) is 3.46. The summed E-state index contributed by atoms with van der Waals surface area (Å²) in [6, 6.07) is 7.01. The molecule has 0 amide bonds. The maximum absolute atomic E-state index is 13.9. The van der Waals surface area contributed by atoms with E-state index in [1.807, 2.05) is 19.2 Å². The van der Waals surface area contributed by atoms with Crippen molar-refractivity contribution in [3.8, 4) is 0 Å². The Bertz CT molecular complexity index is 525. The Morgan fingerprint density at radius 3 is 2.52 bits per heavy atom. The predicted molar refractivity (Wildman–Crippen MR) is 104 cm³/mol. The van der Waals surface area contributed by atoms with E-state index in [0.29, 0.717) is 5.69 Å². The Morgan fingerprint density at radius 2 is 1.91 bits per heavy atom. The van der Waals surface area contributed by atoms with Gasteiger partial charge in [0.1, 0.15) is 5.82 Å². The average Bonchev–Trinajstić information content (AvgIpc) is 3.37. The van der Waals surface area contributed by atoms with Gasteiger partial charge in [-0.15, -0.1) is 24.0 Å². The topological polar surface area (TPSA) is 30.9 Å². The van der Waals surface area contributed by atoms with Crippen LogP contribution in [0.1, 0.15) is 19.3 Å². The summed E-state index contributed by atoms with van der Waals surface area (Å²) in [5.41, 5.74) is 0.707. The van der Waals surface area contributed by atoms with Gasteiger partial charge < -0.3 is 15.1 Å². The van der Waals surface area contributed by atoms with Gasteiger partial charge in [0.05, 0.1) is 5.69 Å². The van der Waals surface area contributed by atoms with Gasteiger partial charge in [0.15, 0.2) is 5.96 Å². The zero-order chi connectivity index (χ0) is 15.4. The van der Waals surface area contributed by atoms with Crippen molar-refractivity contribution in [1.29, 1.82) is 0 Å². The van der Waals surface area contributed by atoms with Crippen LogP contribution in [-0.2, 0) is 0 Å². The van der Waals surface area contributed by atoms with Gasteiger partial charge in [0, 0.05) is 39.8 Å². The number of nitrogens with zero attached hydrogens (tertiary/aromatic N) is 3. The second-order valence-electron chi connectivity index (χ2n) is 6.13. The molecule has 2 aliphatic rings. The Kier molecular flexibility index (Phi) is 6.92. The molecule has 1 aromatic rings. The van der Waals surface area contributed by atoms with Crippen LogP contribution in [0.3, 0.4) is 0 Å². The van der Waals surface area contributed by atoms with Crippen LogP contribution in [0.5, 0.6) is 0 Å². The summed E-state index contributed by atoms with van der Waals surface area (Å²) in [5.74, 6) is 1.78. The van der Waals surface area contributed by atoms with Gasteiger partial charge in [-0.25, -0.2) is 4.39 Å². The molecular weight excluding hydrogens is 406 g/mol. The van der Waals surface area contributed by atoms with Crippen molar-refractivity contribution in [2.24, 2.45) is 10.9 Å². The Balaban J connectivity index is 0.00000192. The summed E-state index contributed by atoms with van der Waals surface area (Å²) in [6.45, 7) is 4.40. The number of nitrogens with one attached hydrogen (secondary N) is 1. The molecule has 2 fully saturated rings. The summed E-state index contributed by atoms with van der Waals surface area (Å²) < 4.78 is 13.9. The number of aliphatic imine (C=N–C) groups is 1. The molecule has 23 heavy (non-hydrogen) atoms. The maximum Gasteiger partial charge on any atom is 0.193 e. The molecule has 1 saturated carbocycles. The van der Waals surface area contributed by atoms with Crippen LogP contribution in [-0.4, -0.2) is 50.6 Å². The van der Waals surface area contributed by atoms with Crippen molar-refractivity contribution in [1.82, 2.24) is 10.2 Å². The fourth-order valence-corrected chi connectivity index (χ4v) is 2.99. The van der Waals surface area contributed by atoms with E-state index >= 15 is 0 Å². The number of anilines is 1. The summed E-state index contributed by atoms with van der Waals surface area (Å²) in [7, 11) is 1.84. The fraction of sp³-hybridized carbons (Fsp3) is 0.588. The molecule has 0 spiro atoms. The zero-order valence-corrected chi connectivity index (χ0v) is 16.0. The van der Waals surface area contributed by atoms with Gasteiger partial charge >= 0.3 is 0 Å². The monoisotopic (exact) mass is 432 g/mol. The van der Waals surface area contributed by atoms with E-state index in [4.69, 9.17) is 0 Å². The second-order valence-corrected chi connectivity index (χ2v) is 6.13. The standard InChI is InChI=1S/C17H25FN4.HI/c1-19-17(20-9-8-14-6-7-14)22-12-10-21(11-13-22)16-5-3-2-4-15(16)18;/h2-5,14H,6-13H2,1H3,(H,19,20);1H.